The minimum absolute atomic E-state index is 0.144. The first-order chi connectivity index (χ1) is 14.4. The fourth-order valence-corrected chi connectivity index (χ4v) is 3.60. The summed E-state index contributed by atoms with van der Waals surface area (Å²) in [4.78, 5) is 37.7. The highest BCUT2D eigenvalue weighted by Crippen LogP contribution is 2.26. The number of esters is 1. The first-order valence-corrected chi connectivity index (χ1v) is 10.2. The van der Waals surface area contributed by atoms with Crippen LogP contribution in [0, 0.1) is 0 Å². The molecule has 0 fully saturated rings. The molecule has 0 saturated carbocycles. The number of para-hydroxylation sites is 2. The van der Waals surface area contributed by atoms with Gasteiger partial charge in [-0.2, -0.15) is 0 Å². The Hall–Kier alpha value is -3.45. The van der Waals surface area contributed by atoms with Crippen LogP contribution in [0.25, 0.3) is 0 Å². The zero-order valence-corrected chi connectivity index (χ0v) is 17.4. The number of hydrogen-bond donors (Lipinski definition) is 1. The van der Waals surface area contributed by atoms with Gasteiger partial charge in [0, 0.05) is 11.8 Å². The van der Waals surface area contributed by atoms with Gasteiger partial charge in [0.25, 0.3) is 0 Å². The molecule has 7 heteroatoms. The minimum Gasteiger partial charge on any atom is -0.456 e. The minimum atomic E-state index is -0.963. The number of Topliss-reactive ketones (excluding diaryl/α,β-unsaturated/α-hetero) is 1. The van der Waals surface area contributed by atoms with Gasteiger partial charge in [0.1, 0.15) is 17.1 Å². The van der Waals surface area contributed by atoms with Gasteiger partial charge in [0.15, 0.2) is 6.10 Å². The number of ether oxygens (including phenoxy) is 2. The van der Waals surface area contributed by atoms with Crippen molar-refractivity contribution in [2.24, 2.45) is 0 Å². The summed E-state index contributed by atoms with van der Waals surface area (Å²) in [6.45, 7) is 3.32. The number of carbonyl (C=O) groups is 3. The number of rotatable bonds is 8. The van der Waals surface area contributed by atoms with Crippen molar-refractivity contribution in [2.45, 2.75) is 26.5 Å². The zero-order valence-electron chi connectivity index (χ0n) is 16.6. The summed E-state index contributed by atoms with van der Waals surface area (Å²) in [5, 5.41) is 2.68. The van der Waals surface area contributed by atoms with Crippen molar-refractivity contribution in [2.75, 3.05) is 0 Å². The number of benzene rings is 2. The first-order valence-electron chi connectivity index (χ1n) is 9.34. The van der Waals surface area contributed by atoms with E-state index >= 15 is 0 Å². The maximum absolute atomic E-state index is 12.7. The molecule has 1 N–H and O–H groups in total. The second kappa shape index (κ2) is 9.84. The highest BCUT2D eigenvalue weighted by molar-refractivity contribution is 7.14. The van der Waals surface area contributed by atoms with E-state index in [0.717, 1.165) is 4.88 Å². The normalized spacial score (nSPS) is 11.4. The Morgan fingerprint density at radius 1 is 0.967 bits per heavy atom. The average molecular weight is 423 g/mol. The van der Waals surface area contributed by atoms with Crippen LogP contribution in [0.5, 0.6) is 11.5 Å². The molecule has 1 amide bonds. The first kappa shape index (κ1) is 21.3. The fraction of sp³-hybridized carbons (Fsp3) is 0.174. The monoisotopic (exact) mass is 423 g/mol. The maximum atomic E-state index is 12.7. The summed E-state index contributed by atoms with van der Waals surface area (Å²) in [7, 11) is 0. The van der Waals surface area contributed by atoms with Crippen LogP contribution >= 0.6 is 11.3 Å². The van der Waals surface area contributed by atoms with Crippen molar-refractivity contribution in [3.8, 4) is 11.5 Å². The van der Waals surface area contributed by atoms with Gasteiger partial charge < -0.3 is 14.8 Å². The summed E-state index contributed by atoms with van der Waals surface area (Å²) < 4.78 is 11.2. The lowest BCUT2D eigenvalue weighted by Crippen LogP contribution is -2.24. The van der Waals surface area contributed by atoms with Crippen molar-refractivity contribution < 1.29 is 23.9 Å². The molecular weight excluding hydrogens is 402 g/mol. The number of ketones is 1. The van der Waals surface area contributed by atoms with Gasteiger partial charge in [0.05, 0.1) is 11.4 Å². The standard InChI is InChI=1S/C23H21NO5S/c1-15(22(26)21-13-12-18(30-21)14-24-16(2)25)28-23(27)19-10-6-7-11-20(19)29-17-8-4-3-5-9-17/h3-13,15H,14H2,1-2H3,(H,24,25). The molecule has 0 radical (unpaired) electrons. The van der Waals surface area contributed by atoms with Gasteiger partial charge in [-0.1, -0.05) is 30.3 Å². The van der Waals surface area contributed by atoms with Crippen LogP contribution in [0.15, 0.2) is 66.7 Å². The van der Waals surface area contributed by atoms with Gasteiger partial charge in [-0.15, -0.1) is 11.3 Å². The third-order valence-electron chi connectivity index (χ3n) is 4.15. The topological polar surface area (TPSA) is 81.7 Å². The van der Waals surface area contributed by atoms with Crippen molar-refractivity contribution in [3.63, 3.8) is 0 Å². The summed E-state index contributed by atoms with van der Waals surface area (Å²) >= 11 is 1.26. The van der Waals surface area contributed by atoms with E-state index < -0.39 is 12.1 Å². The molecule has 0 aliphatic carbocycles. The number of amides is 1. The average Bonchev–Trinajstić information content (AvgIpc) is 3.22. The summed E-state index contributed by atoms with van der Waals surface area (Å²) in [5.41, 5.74) is 0.235. The van der Waals surface area contributed by atoms with Crippen molar-refractivity contribution in [1.29, 1.82) is 0 Å². The third-order valence-corrected chi connectivity index (χ3v) is 5.25. The maximum Gasteiger partial charge on any atom is 0.342 e. The van der Waals surface area contributed by atoms with E-state index in [-0.39, 0.29) is 17.3 Å². The Morgan fingerprint density at radius 2 is 1.67 bits per heavy atom. The van der Waals surface area contributed by atoms with E-state index in [1.165, 1.54) is 25.2 Å². The molecule has 1 unspecified atom stereocenters. The highest BCUT2D eigenvalue weighted by atomic mass is 32.1. The zero-order chi connectivity index (χ0) is 21.5. The molecule has 6 nitrogen and oxygen atoms in total. The molecule has 30 heavy (non-hydrogen) atoms. The molecule has 154 valence electrons. The van der Waals surface area contributed by atoms with Crippen LogP contribution < -0.4 is 10.1 Å². The van der Waals surface area contributed by atoms with Crippen molar-refractivity contribution in [1.82, 2.24) is 5.32 Å². The molecule has 0 aliphatic heterocycles. The van der Waals surface area contributed by atoms with Gasteiger partial charge >= 0.3 is 5.97 Å². The Morgan fingerprint density at radius 3 is 2.40 bits per heavy atom. The number of thiophene rings is 1. The smallest absolute Gasteiger partial charge is 0.342 e. The van der Waals surface area contributed by atoms with E-state index in [4.69, 9.17) is 9.47 Å². The van der Waals surface area contributed by atoms with E-state index in [0.29, 0.717) is 22.9 Å². The molecule has 2 aromatic carbocycles. The second-order valence-corrected chi connectivity index (χ2v) is 7.67. The Balaban J connectivity index is 1.67. The molecule has 3 rings (SSSR count). The van der Waals surface area contributed by atoms with E-state index in [1.807, 2.05) is 18.2 Å². The lowest BCUT2D eigenvalue weighted by molar-refractivity contribution is -0.119. The van der Waals surface area contributed by atoms with Crippen LogP contribution in [0.4, 0.5) is 0 Å². The number of nitrogens with one attached hydrogen (secondary N) is 1. The quantitative estimate of drug-likeness (QED) is 0.423. The van der Waals surface area contributed by atoms with E-state index in [1.54, 1.807) is 48.5 Å². The molecular formula is C23H21NO5S. The van der Waals surface area contributed by atoms with Crippen LogP contribution in [0.3, 0.4) is 0 Å². The molecule has 0 aliphatic rings. The van der Waals surface area contributed by atoms with Crippen molar-refractivity contribution >= 4 is 29.0 Å². The predicted octanol–water partition coefficient (Wildman–Crippen LogP) is 4.60. The number of hydrogen-bond acceptors (Lipinski definition) is 6. The summed E-state index contributed by atoms with van der Waals surface area (Å²) in [5.74, 6) is -0.148. The Kier molecular flexibility index (Phi) is 6.98. The molecule has 0 spiro atoms. The van der Waals surface area contributed by atoms with Crippen LogP contribution in [0.1, 0.15) is 38.8 Å². The van der Waals surface area contributed by atoms with Gasteiger partial charge in [-0.3, -0.25) is 9.59 Å². The molecule has 1 atom stereocenters. The SMILES string of the molecule is CC(=O)NCc1ccc(C(=O)C(C)OC(=O)c2ccccc2Oc2ccccc2)s1. The Bertz CT molecular complexity index is 1040. The fourth-order valence-electron chi connectivity index (χ4n) is 2.63. The lowest BCUT2D eigenvalue weighted by Gasteiger charge is -2.14. The van der Waals surface area contributed by atoms with Crippen LogP contribution in [-0.2, 0) is 16.1 Å². The second-order valence-electron chi connectivity index (χ2n) is 6.50. The Labute approximate surface area is 178 Å². The van der Waals surface area contributed by atoms with E-state index in [9.17, 15) is 14.4 Å². The van der Waals surface area contributed by atoms with Gasteiger partial charge in [0.2, 0.25) is 11.7 Å². The van der Waals surface area contributed by atoms with Gasteiger partial charge in [-0.05, 0) is 43.3 Å². The highest BCUT2D eigenvalue weighted by Gasteiger charge is 2.23. The molecule has 1 heterocycles. The van der Waals surface area contributed by atoms with Crippen LogP contribution in [0.2, 0.25) is 0 Å². The molecule has 3 aromatic rings. The van der Waals surface area contributed by atoms with Gasteiger partial charge in [-0.25, -0.2) is 4.79 Å². The van der Waals surface area contributed by atoms with Crippen molar-refractivity contribution in [3.05, 3.63) is 82.0 Å². The summed E-state index contributed by atoms with van der Waals surface area (Å²) in [6, 6.07) is 19.3. The van der Waals surface area contributed by atoms with E-state index in [2.05, 4.69) is 5.32 Å². The largest absolute Gasteiger partial charge is 0.456 e. The predicted molar refractivity (Wildman–Crippen MR) is 114 cm³/mol. The molecule has 1 aromatic heterocycles. The van der Waals surface area contributed by atoms with Crippen LogP contribution in [-0.4, -0.2) is 23.8 Å². The molecule has 0 bridgehead atoms. The number of carbonyl (C=O) groups excluding carboxylic acids is 3. The molecule has 0 saturated heterocycles. The third kappa shape index (κ3) is 5.55. The summed E-state index contributed by atoms with van der Waals surface area (Å²) in [6.07, 6.45) is -0.963. The lowest BCUT2D eigenvalue weighted by atomic mass is 10.2.